The number of methoxy groups -OCH3 is 1. The quantitative estimate of drug-likeness (QED) is 0.718. The summed E-state index contributed by atoms with van der Waals surface area (Å²) in [6.07, 6.45) is 2.77. The van der Waals surface area contributed by atoms with Gasteiger partial charge in [-0.2, -0.15) is 0 Å². The van der Waals surface area contributed by atoms with Crippen LogP contribution in [0.25, 0.3) is 11.3 Å². The van der Waals surface area contributed by atoms with Gasteiger partial charge < -0.3 is 9.30 Å². The zero-order valence-electron chi connectivity index (χ0n) is 13.4. The first kappa shape index (κ1) is 16.9. The van der Waals surface area contributed by atoms with Gasteiger partial charge in [0.2, 0.25) is 11.0 Å². The molecule has 0 fully saturated rings. The van der Waals surface area contributed by atoms with Crippen molar-refractivity contribution in [1.82, 2.24) is 19.7 Å². The summed E-state index contributed by atoms with van der Waals surface area (Å²) in [6.45, 7) is 0.193. The van der Waals surface area contributed by atoms with E-state index in [4.69, 9.17) is 4.74 Å². The number of hydrogen-bond donors (Lipinski definition) is 1. The molecule has 0 saturated heterocycles. The van der Waals surface area contributed by atoms with E-state index in [0.717, 1.165) is 5.56 Å². The van der Waals surface area contributed by atoms with Crippen molar-refractivity contribution in [3.63, 3.8) is 0 Å². The highest BCUT2D eigenvalue weighted by Crippen LogP contribution is 2.16. The molecule has 0 radical (unpaired) electrons. The van der Waals surface area contributed by atoms with E-state index in [0.29, 0.717) is 22.4 Å². The molecule has 1 amide bonds. The normalized spacial score (nSPS) is 10.6. The first-order chi connectivity index (χ1) is 12.2. The Morgan fingerprint density at radius 3 is 2.84 bits per heavy atom. The van der Waals surface area contributed by atoms with Gasteiger partial charge in [0, 0.05) is 18.9 Å². The van der Waals surface area contributed by atoms with Crippen molar-refractivity contribution in [2.75, 3.05) is 12.4 Å². The summed E-state index contributed by atoms with van der Waals surface area (Å²) in [7, 11) is 1.56. The van der Waals surface area contributed by atoms with Crippen molar-refractivity contribution in [1.29, 1.82) is 0 Å². The number of rotatable bonds is 6. The zero-order chi connectivity index (χ0) is 17.6. The maximum atomic E-state index is 12.2. The number of hydrogen-bond acceptors (Lipinski definition) is 7. The molecule has 9 heteroatoms. The lowest BCUT2D eigenvalue weighted by molar-refractivity contribution is -0.116. The largest absolute Gasteiger partial charge is 0.377 e. The number of carbonyl (C=O) groups is 1. The van der Waals surface area contributed by atoms with Gasteiger partial charge in [-0.1, -0.05) is 41.7 Å². The summed E-state index contributed by atoms with van der Waals surface area (Å²) in [4.78, 5) is 28.2. The van der Waals surface area contributed by atoms with Crippen molar-refractivity contribution >= 4 is 22.4 Å². The second-order valence-corrected chi connectivity index (χ2v) is 6.15. The molecule has 0 bridgehead atoms. The molecule has 128 valence electrons. The second-order valence-electron chi connectivity index (χ2n) is 5.09. The van der Waals surface area contributed by atoms with Crippen molar-refractivity contribution in [2.24, 2.45) is 0 Å². The molecule has 3 rings (SSSR count). The molecule has 0 aliphatic rings. The van der Waals surface area contributed by atoms with Gasteiger partial charge in [-0.25, -0.2) is 4.98 Å². The maximum absolute atomic E-state index is 12.2. The van der Waals surface area contributed by atoms with Gasteiger partial charge in [-0.15, -0.1) is 10.2 Å². The van der Waals surface area contributed by atoms with Crippen LogP contribution in [0.15, 0.2) is 47.5 Å². The van der Waals surface area contributed by atoms with Crippen LogP contribution in [-0.4, -0.2) is 32.8 Å². The first-order valence-corrected chi connectivity index (χ1v) is 8.20. The highest BCUT2D eigenvalue weighted by atomic mass is 32.1. The van der Waals surface area contributed by atoms with Crippen molar-refractivity contribution in [2.45, 2.75) is 13.2 Å². The lowest BCUT2D eigenvalue weighted by Gasteiger charge is -2.07. The van der Waals surface area contributed by atoms with Crippen molar-refractivity contribution in [3.05, 3.63) is 58.1 Å². The fraction of sp³-hybridized carbons (Fsp3) is 0.188. The molecule has 1 N–H and O–H groups in total. The van der Waals surface area contributed by atoms with Crippen LogP contribution in [0.5, 0.6) is 0 Å². The van der Waals surface area contributed by atoms with E-state index in [1.54, 1.807) is 13.3 Å². The lowest BCUT2D eigenvalue weighted by Crippen LogP contribution is -2.27. The van der Waals surface area contributed by atoms with E-state index in [9.17, 15) is 9.59 Å². The van der Waals surface area contributed by atoms with Crippen LogP contribution in [-0.2, 0) is 22.7 Å². The first-order valence-electron chi connectivity index (χ1n) is 7.39. The lowest BCUT2D eigenvalue weighted by atomic mass is 10.2. The van der Waals surface area contributed by atoms with Gasteiger partial charge in [0.15, 0.2) is 0 Å². The highest BCUT2D eigenvalue weighted by Gasteiger charge is 2.10. The Balaban J connectivity index is 1.73. The maximum Gasteiger partial charge on any atom is 0.269 e. The Kier molecular flexibility index (Phi) is 5.26. The van der Waals surface area contributed by atoms with Crippen LogP contribution in [0.4, 0.5) is 5.13 Å². The number of amides is 1. The molecule has 8 nitrogen and oxygen atoms in total. The molecule has 0 aliphatic carbocycles. The van der Waals surface area contributed by atoms with Gasteiger partial charge >= 0.3 is 0 Å². The molecule has 2 heterocycles. The smallest absolute Gasteiger partial charge is 0.269 e. The molecule has 0 saturated carbocycles. The predicted octanol–water partition coefficient (Wildman–Crippen LogP) is 1.55. The van der Waals surface area contributed by atoms with Crippen LogP contribution in [0, 0.1) is 0 Å². The minimum atomic E-state index is -0.368. The van der Waals surface area contributed by atoms with Gasteiger partial charge in [0.05, 0.1) is 11.9 Å². The van der Waals surface area contributed by atoms with Crippen LogP contribution in [0.2, 0.25) is 0 Å². The van der Waals surface area contributed by atoms with Gasteiger partial charge in [0.1, 0.15) is 18.2 Å². The number of aromatic nitrogens is 4. The third-order valence-corrected chi connectivity index (χ3v) is 4.05. The molecule has 3 aromatic rings. The number of anilines is 1. The summed E-state index contributed by atoms with van der Waals surface area (Å²) < 4.78 is 6.26. The molecule has 1 aromatic carbocycles. The van der Waals surface area contributed by atoms with E-state index in [1.807, 2.05) is 30.3 Å². The average Bonchev–Trinajstić information content (AvgIpc) is 3.05. The molecular weight excluding hydrogens is 342 g/mol. The van der Waals surface area contributed by atoms with E-state index in [-0.39, 0.29) is 18.0 Å². The standard InChI is InChI=1S/C16H15N5O3S/c1-24-10-14-19-20-16(25-14)18-13(22)9-21-8-12(17-7-15(21)23)11-5-3-2-4-6-11/h2-8H,9-10H2,1H3,(H,18,20,22). The van der Waals surface area contributed by atoms with Crippen molar-refractivity contribution < 1.29 is 9.53 Å². The number of benzene rings is 1. The topological polar surface area (TPSA) is 99.0 Å². The number of ether oxygens (including phenoxy) is 1. The SMILES string of the molecule is COCc1nnc(NC(=O)Cn2cc(-c3ccccc3)ncc2=O)s1. The highest BCUT2D eigenvalue weighted by molar-refractivity contribution is 7.15. The third kappa shape index (κ3) is 4.34. The minimum absolute atomic E-state index is 0.139. The second kappa shape index (κ2) is 7.77. The third-order valence-electron chi connectivity index (χ3n) is 3.24. The Morgan fingerprint density at radius 1 is 1.28 bits per heavy atom. The van der Waals surface area contributed by atoms with Crippen LogP contribution in [0.3, 0.4) is 0 Å². The minimum Gasteiger partial charge on any atom is -0.377 e. The van der Waals surface area contributed by atoms with E-state index < -0.39 is 0 Å². The van der Waals surface area contributed by atoms with Gasteiger partial charge in [0.25, 0.3) is 5.56 Å². The molecule has 0 atom stereocenters. The van der Waals surface area contributed by atoms with Gasteiger partial charge in [-0.3, -0.25) is 14.9 Å². The number of carbonyl (C=O) groups excluding carboxylic acids is 1. The van der Waals surface area contributed by atoms with Crippen LogP contribution in [0.1, 0.15) is 5.01 Å². The fourth-order valence-electron chi connectivity index (χ4n) is 2.12. The average molecular weight is 357 g/mol. The molecule has 0 spiro atoms. The Hall–Kier alpha value is -2.91. The molecule has 0 unspecified atom stereocenters. The van der Waals surface area contributed by atoms with Crippen molar-refractivity contribution in [3.8, 4) is 11.3 Å². The zero-order valence-corrected chi connectivity index (χ0v) is 14.2. The summed E-state index contributed by atoms with van der Waals surface area (Å²) >= 11 is 1.22. The predicted molar refractivity (Wildman–Crippen MR) is 93.2 cm³/mol. The summed E-state index contributed by atoms with van der Waals surface area (Å²) in [6, 6.07) is 9.43. The van der Waals surface area contributed by atoms with Gasteiger partial charge in [-0.05, 0) is 0 Å². The van der Waals surface area contributed by atoms with E-state index in [1.165, 1.54) is 22.1 Å². The molecule has 0 aliphatic heterocycles. The van der Waals surface area contributed by atoms with Crippen LogP contribution < -0.4 is 10.9 Å². The van der Waals surface area contributed by atoms with E-state index in [2.05, 4.69) is 20.5 Å². The molecule has 2 aromatic heterocycles. The van der Waals surface area contributed by atoms with Crippen LogP contribution >= 0.6 is 11.3 Å². The number of nitrogens with zero attached hydrogens (tertiary/aromatic N) is 4. The molecule has 25 heavy (non-hydrogen) atoms. The van der Waals surface area contributed by atoms with E-state index >= 15 is 0 Å². The molecular formula is C16H15N5O3S. The Labute approximate surface area is 147 Å². The summed E-state index contributed by atoms with van der Waals surface area (Å²) in [5.41, 5.74) is 1.13. The monoisotopic (exact) mass is 357 g/mol. The number of nitrogens with one attached hydrogen (secondary N) is 1. The fourth-order valence-corrected chi connectivity index (χ4v) is 2.85. The summed E-state index contributed by atoms with van der Waals surface area (Å²) in [5.74, 6) is -0.368. The Bertz CT molecular complexity index is 923. The summed E-state index contributed by atoms with van der Waals surface area (Å²) in [5, 5.41) is 11.4. The Morgan fingerprint density at radius 2 is 2.08 bits per heavy atom.